The molecule has 0 aliphatic carbocycles. The Hall–Kier alpha value is -2.28. The summed E-state index contributed by atoms with van der Waals surface area (Å²) in [6, 6.07) is 0. The van der Waals surface area contributed by atoms with Crippen LogP contribution >= 0.6 is 0 Å². The molecule has 0 aliphatic heterocycles. The lowest BCUT2D eigenvalue weighted by Gasteiger charge is -1.98. The summed E-state index contributed by atoms with van der Waals surface area (Å²) in [6.07, 6.45) is 21.5. The third kappa shape index (κ3) is 19.7. The number of aromatic nitrogens is 4. The SMILES string of the molecule is C=CCS(=O)(=O)[O-].C=CCS(=O)(=O)[O-].CCCCn1cc[n+](CCC[n+]2ccn(CCCC)c2)c1. The molecular weight excluding hydrogens is 492 g/mol. The van der Waals surface area contributed by atoms with E-state index in [1.165, 1.54) is 32.1 Å². The number of unbranched alkanes of at least 4 members (excludes halogenated alkanes) is 2. The van der Waals surface area contributed by atoms with Crippen LogP contribution in [-0.4, -0.2) is 46.6 Å². The van der Waals surface area contributed by atoms with Gasteiger partial charge in [0, 0.05) is 6.42 Å². The molecule has 0 atom stereocenters. The Kier molecular flexibility index (Phi) is 16.9. The van der Waals surface area contributed by atoms with Crippen LogP contribution in [0.3, 0.4) is 0 Å². The largest absolute Gasteiger partial charge is 0.748 e. The molecule has 0 aliphatic rings. The van der Waals surface area contributed by atoms with Crippen LogP contribution in [0.25, 0.3) is 0 Å². The number of nitrogens with zero attached hydrogens (tertiary/aromatic N) is 4. The minimum Gasteiger partial charge on any atom is -0.748 e. The molecule has 0 radical (unpaired) electrons. The topological polar surface area (TPSA) is 132 Å². The number of imidazole rings is 2. The minimum atomic E-state index is -4.04. The van der Waals surface area contributed by atoms with Gasteiger partial charge in [-0.25, -0.2) is 35.1 Å². The Labute approximate surface area is 210 Å². The monoisotopic (exact) mass is 532 g/mol. The quantitative estimate of drug-likeness (QED) is 0.208. The fourth-order valence-electron chi connectivity index (χ4n) is 2.81. The Morgan fingerprint density at radius 3 is 1.37 bits per heavy atom. The molecule has 2 aromatic heterocycles. The van der Waals surface area contributed by atoms with Crippen LogP contribution in [0.15, 0.2) is 62.8 Å². The van der Waals surface area contributed by atoms with E-state index < -0.39 is 31.7 Å². The van der Waals surface area contributed by atoms with Crippen LogP contribution in [0.4, 0.5) is 0 Å². The van der Waals surface area contributed by atoms with E-state index in [1.807, 2.05) is 0 Å². The van der Waals surface area contributed by atoms with Crippen LogP contribution in [0.5, 0.6) is 0 Å². The molecule has 0 spiro atoms. The van der Waals surface area contributed by atoms with E-state index in [4.69, 9.17) is 0 Å². The highest BCUT2D eigenvalue weighted by molar-refractivity contribution is 7.86. The average molecular weight is 533 g/mol. The van der Waals surface area contributed by atoms with Crippen LogP contribution in [0.2, 0.25) is 0 Å². The third-order valence-corrected chi connectivity index (χ3v) is 5.80. The van der Waals surface area contributed by atoms with Gasteiger partial charge in [0.1, 0.15) is 24.8 Å². The normalized spacial score (nSPS) is 11.1. The molecule has 0 amide bonds. The van der Waals surface area contributed by atoms with Crippen molar-refractivity contribution in [3.8, 4) is 0 Å². The Bertz CT molecular complexity index is 975. The second-order valence-electron chi connectivity index (χ2n) is 7.87. The van der Waals surface area contributed by atoms with Crippen molar-refractivity contribution < 1.29 is 35.1 Å². The molecule has 200 valence electrons. The van der Waals surface area contributed by atoms with Crippen molar-refractivity contribution in [2.24, 2.45) is 0 Å². The van der Waals surface area contributed by atoms with Gasteiger partial charge < -0.3 is 9.11 Å². The molecular formula is C23H40N4O6S2. The summed E-state index contributed by atoms with van der Waals surface area (Å²) in [7, 11) is -8.08. The molecule has 12 heteroatoms. The Morgan fingerprint density at radius 1 is 0.743 bits per heavy atom. The van der Waals surface area contributed by atoms with Gasteiger partial charge in [-0.2, -0.15) is 0 Å². The first-order valence-corrected chi connectivity index (χ1v) is 14.8. The number of rotatable bonds is 14. The fourth-order valence-corrected chi connectivity index (χ4v) is 3.39. The maximum absolute atomic E-state index is 9.60. The first kappa shape index (κ1) is 32.7. The molecule has 2 heterocycles. The van der Waals surface area contributed by atoms with Crippen molar-refractivity contribution in [1.82, 2.24) is 9.13 Å². The molecule has 0 saturated heterocycles. The summed E-state index contributed by atoms with van der Waals surface area (Å²) in [6.45, 7) is 15.1. The van der Waals surface area contributed by atoms with E-state index in [-0.39, 0.29) is 0 Å². The maximum atomic E-state index is 9.60. The van der Waals surface area contributed by atoms with E-state index in [0.29, 0.717) is 0 Å². The van der Waals surface area contributed by atoms with Gasteiger partial charge in [-0.1, -0.05) is 38.8 Å². The summed E-state index contributed by atoms with van der Waals surface area (Å²) in [5.41, 5.74) is 0. The number of hydrogen-bond donors (Lipinski definition) is 0. The molecule has 0 fully saturated rings. The average Bonchev–Trinajstić information content (AvgIpc) is 3.39. The highest BCUT2D eigenvalue weighted by Crippen LogP contribution is 1.95. The first-order valence-electron chi connectivity index (χ1n) is 11.6. The molecule has 35 heavy (non-hydrogen) atoms. The molecule has 0 aromatic carbocycles. The smallest absolute Gasteiger partial charge is 0.243 e. The molecule has 10 nitrogen and oxygen atoms in total. The standard InChI is InChI=1S/C17H30N4.2C3H6O3S/c1-3-5-8-18-12-14-20(16-18)10-7-11-21-15-13-19(17-21)9-6-4-2;2*1-2-3-7(4,5)6/h12-17H,3-11H2,1-2H3;2*2H,1,3H2,(H,4,5,6)/q+2;;/p-2. The van der Waals surface area contributed by atoms with Crippen molar-refractivity contribution in [3.05, 3.63) is 62.8 Å². The van der Waals surface area contributed by atoms with Gasteiger partial charge in [-0.15, -0.1) is 13.2 Å². The summed E-state index contributed by atoms with van der Waals surface area (Å²) in [4.78, 5) is 0. The molecule has 2 rings (SSSR count). The predicted octanol–water partition coefficient (Wildman–Crippen LogP) is 1.99. The zero-order chi connectivity index (χ0) is 26.7. The third-order valence-electron chi connectivity index (χ3n) is 4.51. The van der Waals surface area contributed by atoms with Gasteiger partial charge in [0.25, 0.3) is 0 Å². The Morgan fingerprint density at radius 2 is 1.11 bits per heavy atom. The molecule has 0 N–H and O–H groups in total. The second-order valence-corrected chi connectivity index (χ2v) is 10.8. The van der Waals surface area contributed by atoms with Crippen molar-refractivity contribution in [1.29, 1.82) is 0 Å². The van der Waals surface area contributed by atoms with Crippen molar-refractivity contribution >= 4 is 20.2 Å². The lowest BCUT2D eigenvalue weighted by molar-refractivity contribution is -0.726. The number of hydrogen-bond acceptors (Lipinski definition) is 6. The molecule has 2 aromatic rings. The predicted molar refractivity (Wildman–Crippen MR) is 133 cm³/mol. The highest BCUT2D eigenvalue weighted by Gasteiger charge is 2.06. The van der Waals surface area contributed by atoms with E-state index in [2.05, 4.69) is 82.7 Å². The summed E-state index contributed by atoms with van der Waals surface area (Å²) >= 11 is 0. The van der Waals surface area contributed by atoms with Gasteiger partial charge in [0.2, 0.25) is 12.7 Å². The summed E-state index contributed by atoms with van der Waals surface area (Å²) in [5.74, 6) is -0.958. The van der Waals surface area contributed by atoms with Gasteiger partial charge in [0.05, 0.1) is 57.9 Å². The van der Waals surface area contributed by atoms with Gasteiger partial charge >= 0.3 is 0 Å². The lowest BCUT2D eigenvalue weighted by Crippen LogP contribution is -2.37. The van der Waals surface area contributed by atoms with E-state index in [1.54, 1.807) is 0 Å². The second kappa shape index (κ2) is 18.1. The van der Waals surface area contributed by atoms with Gasteiger partial charge in [-0.3, -0.25) is 0 Å². The molecule has 0 saturated carbocycles. The molecule has 0 bridgehead atoms. The highest BCUT2D eigenvalue weighted by atomic mass is 32.2. The number of aryl methyl sites for hydroxylation is 4. The van der Waals surface area contributed by atoms with Gasteiger partial charge in [-0.05, 0) is 12.8 Å². The zero-order valence-electron chi connectivity index (χ0n) is 20.9. The molecule has 0 unspecified atom stereocenters. The van der Waals surface area contributed by atoms with Crippen LogP contribution in [0.1, 0.15) is 46.0 Å². The lowest BCUT2D eigenvalue weighted by atomic mass is 10.3. The minimum absolute atomic E-state index is 0.479. The van der Waals surface area contributed by atoms with Gasteiger partial charge in [0.15, 0.2) is 0 Å². The Balaban J connectivity index is 0.000000680. The van der Waals surface area contributed by atoms with Crippen molar-refractivity contribution in [2.75, 3.05) is 11.5 Å². The van der Waals surface area contributed by atoms with E-state index in [0.717, 1.165) is 38.3 Å². The first-order chi connectivity index (χ1) is 16.4. The van der Waals surface area contributed by atoms with Crippen molar-refractivity contribution in [3.63, 3.8) is 0 Å². The van der Waals surface area contributed by atoms with Crippen LogP contribution < -0.4 is 9.13 Å². The van der Waals surface area contributed by atoms with E-state index >= 15 is 0 Å². The fraction of sp³-hybridized carbons (Fsp3) is 0.565. The summed E-state index contributed by atoms with van der Waals surface area (Å²) in [5, 5.41) is 0. The van der Waals surface area contributed by atoms with Crippen LogP contribution in [0, 0.1) is 0 Å². The maximum Gasteiger partial charge on any atom is 0.243 e. The summed E-state index contributed by atoms with van der Waals surface area (Å²) < 4.78 is 66.8. The zero-order valence-corrected chi connectivity index (χ0v) is 22.5. The van der Waals surface area contributed by atoms with Crippen LogP contribution in [-0.2, 0) is 46.4 Å². The van der Waals surface area contributed by atoms with Crippen molar-refractivity contribution in [2.45, 2.75) is 72.1 Å². The van der Waals surface area contributed by atoms with E-state index in [9.17, 15) is 25.9 Å².